The largest absolute Gasteiger partial charge is 0.497 e. The van der Waals surface area contributed by atoms with Crippen molar-refractivity contribution in [2.45, 2.75) is 12.7 Å². The minimum absolute atomic E-state index is 0.0105. The molecule has 7 heteroatoms. The standard InChI is InChI=1S/C20H19N3O4/c1-24-16-6-4-14(5-7-16)11-26-19-18(15-3-2-8-21-9-15)10-22-20(23-19)27-17-12-25-13-17/h2-10,17H,11-13H2,1H3. The Balaban J connectivity index is 1.57. The summed E-state index contributed by atoms with van der Waals surface area (Å²) < 4.78 is 22.0. The number of ether oxygens (including phenoxy) is 4. The third-order valence-corrected chi connectivity index (χ3v) is 4.12. The highest BCUT2D eigenvalue weighted by Crippen LogP contribution is 2.29. The molecule has 1 aliphatic rings. The molecule has 0 unspecified atom stereocenters. The van der Waals surface area contributed by atoms with Crippen LogP contribution in [-0.2, 0) is 11.3 Å². The van der Waals surface area contributed by atoms with Gasteiger partial charge in [0.05, 0.1) is 25.9 Å². The van der Waals surface area contributed by atoms with Crippen LogP contribution in [0.1, 0.15) is 5.56 Å². The van der Waals surface area contributed by atoms with Crippen molar-refractivity contribution >= 4 is 0 Å². The van der Waals surface area contributed by atoms with E-state index in [1.54, 1.807) is 25.7 Å². The summed E-state index contributed by atoms with van der Waals surface area (Å²) in [5.41, 5.74) is 2.64. The van der Waals surface area contributed by atoms with E-state index in [1.807, 2.05) is 36.4 Å². The number of methoxy groups -OCH3 is 1. The molecule has 0 amide bonds. The summed E-state index contributed by atoms with van der Waals surface area (Å²) in [6.07, 6.45) is 5.15. The highest BCUT2D eigenvalue weighted by atomic mass is 16.6. The average Bonchev–Trinajstić information content (AvgIpc) is 2.70. The molecule has 27 heavy (non-hydrogen) atoms. The Morgan fingerprint density at radius 3 is 2.63 bits per heavy atom. The summed E-state index contributed by atoms with van der Waals surface area (Å²) in [7, 11) is 1.64. The fraction of sp³-hybridized carbons (Fsp3) is 0.250. The lowest BCUT2D eigenvalue weighted by Gasteiger charge is -2.25. The molecule has 0 atom stereocenters. The number of rotatable bonds is 7. The first-order valence-electron chi connectivity index (χ1n) is 8.59. The molecule has 0 spiro atoms. The smallest absolute Gasteiger partial charge is 0.320 e. The Morgan fingerprint density at radius 2 is 1.96 bits per heavy atom. The van der Waals surface area contributed by atoms with Crippen LogP contribution in [0.15, 0.2) is 55.0 Å². The van der Waals surface area contributed by atoms with Crippen LogP contribution in [0.2, 0.25) is 0 Å². The van der Waals surface area contributed by atoms with E-state index in [-0.39, 0.29) is 12.1 Å². The van der Waals surface area contributed by atoms with Gasteiger partial charge < -0.3 is 18.9 Å². The monoisotopic (exact) mass is 365 g/mol. The first-order chi connectivity index (χ1) is 13.3. The zero-order chi connectivity index (χ0) is 18.5. The maximum absolute atomic E-state index is 5.99. The van der Waals surface area contributed by atoms with Crippen LogP contribution in [0, 0.1) is 0 Å². The molecule has 0 N–H and O–H groups in total. The molecule has 0 aliphatic carbocycles. The molecule has 1 aliphatic heterocycles. The summed E-state index contributed by atoms with van der Waals surface area (Å²) in [6.45, 7) is 1.46. The normalized spacial score (nSPS) is 13.7. The second-order valence-electron chi connectivity index (χ2n) is 6.03. The van der Waals surface area contributed by atoms with Gasteiger partial charge in [-0.3, -0.25) is 4.98 Å². The average molecular weight is 365 g/mol. The minimum Gasteiger partial charge on any atom is -0.497 e. The summed E-state index contributed by atoms with van der Waals surface area (Å²) in [4.78, 5) is 12.9. The molecule has 0 bridgehead atoms. The quantitative estimate of drug-likeness (QED) is 0.637. The fourth-order valence-corrected chi connectivity index (χ4v) is 2.54. The number of hydrogen-bond acceptors (Lipinski definition) is 7. The van der Waals surface area contributed by atoms with Gasteiger partial charge in [0.1, 0.15) is 18.5 Å². The molecule has 3 heterocycles. The molecule has 3 aromatic rings. The van der Waals surface area contributed by atoms with Crippen LogP contribution < -0.4 is 14.2 Å². The van der Waals surface area contributed by atoms with Crippen LogP contribution in [0.5, 0.6) is 17.6 Å². The lowest BCUT2D eigenvalue weighted by Crippen LogP contribution is -2.39. The number of nitrogens with zero attached hydrogens (tertiary/aromatic N) is 3. The SMILES string of the molecule is COc1ccc(COc2nc(OC3COC3)ncc2-c2cccnc2)cc1. The lowest BCUT2D eigenvalue weighted by atomic mass is 10.1. The first kappa shape index (κ1) is 17.2. The molecular formula is C20H19N3O4. The van der Waals surface area contributed by atoms with Gasteiger partial charge in [0.25, 0.3) is 0 Å². The van der Waals surface area contributed by atoms with E-state index in [0.29, 0.717) is 25.7 Å². The van der Waals surface area contributed by atoms with E-state index in [0.717, 1.165) is 22.4 Å². The van der Waals surface area contributed by atoms with Gasteiger partial charge in [0, 0.05) is 24.2 Å². The fourth-order valence-electron chi connectivity index (χ4n) is 2.54. The van der Waals surface area contributed by atoms with E-state index in [4.69, 9.17) is 18.9 Å². The van der Waals surface area contributed by atoms with E-state index in [1.165, 1.54) is 0 Å². The van der Waals surface area contributed by atoms with Gasteiger partial charge in [-0.15, -0.1) is 0 Å². The van der Waals surface area contributed by atoms with Crippen LogP contribution >= 0.6 is 0 Å². The maximum atomic E-state index is 5.99. The molecule has 0 saturated carbocycles. The Bertz CT molecular complexity index is 883. The predicted octanol–water partition coefficient (Wildman–Crippen LogP) is 2.90. The van der Waals surface area contributed by atoms with E-state index in [9.17, 15) is 0 Å². The van der Waals surface area contributed by atoms with Gasteiger partial charge in [-0.25, -0.2) is 4.98 Å². The Labute approximate surface area is 156 Å². The van der Waals surface area contributed by atoms with Gasteiger partial charge in [0.15, 0.2) is 0 Å². The third-order valence-electron chi connectivity index (χ3n) is 4.12. The first-order valence-corrected chi connectivity index (χ1v) is 8.59. The Kier molecular flexibility index (Phi) is 5.11. The highest BCUT2D eigenvalue weighted by molar-refractivity contribution is 5.66. The number of benzene rings is 1. The number of aromatic nitrogens is 3. The second kappa shape index (κ2) is 8.01. The van der Waals surface area contributed by atoms with Crippen molar-refractivity contribution in [3.05, 3.63) is 60.6 Å². The minimum atomic E-state index is -0.0105. The zero-order valence-electron chi connectivity index (χ0n) is 14.9. The molecule has 7 nitrogen and oxygen atoms in total. The van der Waals surface area contributed by atoms with Gasteiger partial charge in [-0.1, -0.05) is 18.2 Å². The van der Waals surface area contributed by atoms with Crippen LogP contribution in [0.25, 0.3) is 11.1 Å². The third kappa shape index (κ3) is 4.15. The van der Waals surface area contributed by atoms with Crippen LogP contribution in [0.3, 0.4) is 0 Å². The molecule has 1 aromatic carbocycles. The summed E-state index contributed by atoms with van der Waals surface area (Å²) in [5, 5.41) is 0. The lowest BCUT2D eigenvalue weighted by molar-refractivity contribution is -0.0832. The molecule has 1 fully saturated rings. The van der Waals surface area contributed by atoms with E-state index >= 15 is 0 Å². The number of pyridine rings is 1. The zero-order valence-corrected chi connectivity index (χ0v) is 14.9. The molecule has 0 radical (unpaired) electrons. The summed E-state index contributed by atoms with van der Waals surface area (Å²) in [6, 6.07) is 11.8. The van der Waals surface area contributed by atoms with Crippen LogP contribution in [-0.4, -0.2) is 41.4 Å². The van der Waals surface area contributed by atoms with Crippen molar-refractivity contribution in [3.63, 3.8) is 0 Å². The summed E-state index contributed by atoms with van der Waals surface area (Å²) in [5.74, 6) is 1.25. The number of hydrogen-bond donors (Lipinski definition) is 0. The van der Waals surface area contributed by atoms with E-state index in [2.05, 4.69) is 15.0 Å². The Hall–Kier alpha value is -3.19. The summed E-state index contributed by atoms with van der Waals surface area (Å²) >= 11 is 0. The molecular weight excluding hydrogens is 346 g/mol. The predicted molar refractivity (Wildman–Crippen MR) is 97.8 cm³/mol. The Morgan fingerprint density at radius 1 is 1.11 bits per heavy atom. The van der Waals surface area contributed by atoms with Crippen molar-refractivity contribution < 1.29 is 18.9 Å². The van der Waals surface area contributed by atoms with Gasteiger partial charge in [0.2, 0.25) is 5.88 Å². The molecule has 1 saturated heterocycles. The van der Waals surface area contributed by atoms with Gasteiger partial charge in [-0.2, -0.15) is 4.98 Å². The van der Waals surface area contributed by atoms with Crippen molar-refractivity contribution in [3.8, 4) is 28.8 Å². The molecule has 138 valence electrons. The van der Waals surface area contributed by atoms with Crippen molar-refractivity contribution in [2.75, 3.05) is 20.3 Å². The molecule has 2 aromatic heterocycles. The van der Waals surface area contributed by atoms with E-state index < -0.39 is 0 Å². The maximum Gasteiger partial charge on any atom is 0.320 e. The van der Waals surface area contributed by atoms with Gasteiger partial charge in [-0.05, 0) is 23.8 Å². The second-order valence-corrected chi connectivity index (χ2v) is 6.03. The van der Waals surface area contributed by atoms with Crippen molar-refractivity contribution in [1.82, 2.24) is 15.0 Å². The highest BCUT2D eigenvalue weighted by Gasteiger charge is 2.22. The van der Waals surface area contributed by atoms with Crippen molar-refractivity contribution in [1.29, 1.82) is 0 Å². The van der Waals surface area contributed by atoms with Crippen molar-refractivity contribution in [2.24, 2.45) is 0 Å². The molecule has 4 rings (SSSR count). The van der Waals surface area contributed by atoms with Crippen LogP contribution in [0.4, 0.5) is 0 Å². The van der Waals surface area contributed by atoms with Gasteiger partial charge >= 0.3 is 6.01 Å². The topological polar surface area (TPSA) is 75.6 Å².